The smallest absolute Gasteiger partial charge is 0.139 e. The first-order valence-corrected chi connectivity index (χ1v) is 6.51. The van der Waals surface area contributed by atoms with E-state index >= 15 is 0 Å². The van der Waals surface area contributed by atoms with Crippen molar-refractivity contribution in [2.75, 3.05) is 13.2 Å². The Hall–Kier alpha value is -1.75. The van der Waals surface area contributed by atoms with E-state index in [1.807, 2.05) is 24.3 Å². The SMILES string of the molecule is Cc1ccc(OCC(C)NCCCC(N)=NO)cc1. The molecule has 0 amide bonds. The molecule has 0 fully saturated rings. The van der Waals surface area contributed by atoms with E-state index in [-0.39, 0.29) is 11.9 Å². The van der Waals surface area contributed by atoms with Gasteiger partial charge in [-0.1, -0.05) is 22.9 Å². The molecule has 106 valence electrons. The predicted molar refractivity (Wildman–Crippen MR) is 76.8 cm³/mol. The Kier molecular flexibility index (Phi) is 6.74. The predicted octanol–water partition coefficient (Wildman–Crippen LogP) is 1.88. The summed E-state index contributed by atoms with van der Waals surface area (Å²) in [7, 11) is 0. The highest BCUT2D eigenvalue weighted by atomic mass is 16.5. The molecule has 1 atom stereocenters. The maximum atomic E-state index is 8.40. The van der Waals surface area contributed by atoms with Crippen LogP contribution in [0.15, 0.2) is 29.4 Å². The van der Waals surface area contributed by atoms with Crippen molar-refractivity contribution in [3.05, 3.63) is 29.8 Å². The number of nitrogens with one attached hydrogen (secondary N) is 1. The van der Waals surface area contributed by atoms with Crippen LogP contribution in [0.25, 0.3) is 0 Å². The lowest BCUT2D eigenvalue weighted by molar-refractivity contribution is 0.273. The molecule has 0 aliphatic carbocycles. The lowest BCUT2D eigenvalue weighted by atomic mass is 10.2. The van der Waals surface area contributed by atoms with Gasteiger partial charge in [0.05, 0.1) is 0 Å². The number of amidine groups is 1. The molecule has 0 saturated carbocycles. The summed E-state index contributed by atoms with van der Waals surface area (Å²) in [5.74, 6) is 1.15. The Labute approximate surface area is 114 Å². The van der Waals surface area contributed by atoms with Crippen molar-refractivity contribution in [3.63, 3.8) is 0 Å². The van der Waals surface area contributed by atoms with Gasteiger partial charge in [-0.3, -0.25) is 0 Å². The van der Waals surface area contributed by atoms with E-state index in [4.69, 9.17) is 15.7 Å². The van der Waals surface area contributed by atoms with E-state index in [1.165, 1.54) is 5.56 Å². The molecule has 0 saturated heterocycles. The average Bonchev–Trinajstić information content (AvgIpc) is 2.42. The van der Waals surface area contributed by atoms with Gasteiger partial charge in [-0.15, -0.1) is 0 Å². The molecule has 0 radical (unpaired) electrons. The van der Waals surface area contributed by atoms with E-state index in [1.54, 1.807) is 0 Å². The Morgan fingerprint density at radius 3 is 2.74 bits per heavy atom. The number of nitrogens with two attached hydrogens (primary N) is 1. The Bertz CT molecular complexity index is 390. The van der Waals surface area contributed by atoms with E-state index in [0.29, 0.717) is 13.0 Å². The minimum Gasteiger partial charge on any atom is -0.492 e. The van der Waals surface area contributed by atoms with Crippen LogP contribution in [0.4, 0.5) is 0 Å². The molecule has 0 aliphatic heterocycles. The topological polar surface area (TPSA) is 79.9 Å². The van der Waals surface area contributed by atoms with Gasteiger partial charge >= 0.3 is 0 Å². The Morgan fingerprint density at radius 2 is 2.11 bits per heavy atom. The molecule has 0 bridgehead atoms. The fourth-order valence-corrected chi connectivity index (χ4v) is 1.58. The van der Waals surface area contributed by atoms with Crippen LogP contribution < -0.4 is 15.8 Å². The summed E-state index contributed by atoms with van der Waals surface area (Å²) in [4.78, 5) is 0. The fraction of sp³-hybridized carbons (Fsp3) is 0.500. The molecule has 5 heteroatoms. The van der Waals surface area contributed by atoms with Gasteiger partial charge in [-0.25, -0.2) is 0 Å². The summed E-state index contributed by atoms with van der Waals surface area (Å²) in [6, 6.07) is 8.27. The van der Waals surface area contributed by atoms with Gasteiger partial charge in [0.25, 0.3) is 0 Å². The molecule has 0 heterocycles. The number of ether oxygens (including phenoxy) is 1. The zero-order valence-electron chi connectivity index (χ0n) is 11.6. The standard InChI is InChI=1S/C14H23N3O2/c1-11-5-7-13(8-6-11)19-10-12(2)16-9-3-4-14(15)17-18/h5-8,12,16,18H,3-4,9-10H2,1-2H3,(H2,15,17). The number of aryl methyl sites for hydroxylation is 1. The van der Waals surface area contributed by atoms with Gasteiger partial charge in [0, 0.05) is 12.5 Å². The summed E-state index contributed by atoms with van der Waals surface area (Å²) in [6.45, 7) is 5.55. The third-order valence-corrected chi connectivity index (χ3v) is 2.75. The molecular formula is C14H23N3O2. The summed E-state index contributed by atoms with van der Waals surface area (Å²) in [6.07, 6.45) is 1.43. The van der Waals surface area contributed by atoms with Crippen molar-refractivity contribution in [1.29, 1.82) is 0 Å². The second-order valence-electron chi connectivity index (χ2n) is 4.67. The number of nitrogens with zero attached hydrogens (tertiary/aromatic N) is 1. The number of rotatable bonds is 8. The van der Waals surface area contributed by atoms with Crippen LogP contribution in [0, 0.1) is 6.92 Å². The molecule has 1 aromatic rings. The molecule has 0 aromatic heterocycles. The van der Waals surface area contributed by atoms with Gasteiger partial charge in [-0.05, 0) is 38.9 Å². The second kappa shape index (κ2) is 8.37. The van der Waals surface area contributed by atoms with Crippen molar-refractivity contribution < 1.29 is 9.94 Å². The minimum absolute atomic E-state index is 0.258. The van der Waals surface area contributed by atoms with Crippen LogP contribution >= 0.6 is 0 Å². The average molecular weight is 265 g/mol. The summed E-state index contributed by atoms with van der Waals surface area (Å²) < 4.78 is 5.67. The molecule has 1 unspecified atom stereocenters. The van der Waals surface area contributed by atoms with E-state index < -0.39 is 0 Å². The highest BCUT2D eigenvalue weighted by molar-refractivity contribution is 5.79. The van der Waals surface area contributed by atoms with Crippen LogP contribution in [0.3, 0.4) is 0 Å². The van der Waals surface area contributed by atoms with Crippen LogP contribution in [0.5, 0.6) is 5.75 Å². The number of hydrogen-bond donors (Lipinski definition) is 3. The highest BCUT2D eigenvalue weighted by Gasteiger charge is 2.02. The first kappa shape index (κ1) is 15.3. The van der Waals surface area contributed by atoms with Gasteiger partial charge in [0.1, 0.15) is 18.2 Å². The Morgan fingerprint density at radius 1 is 1.42 bits per heavy atom. The second-order valence-corrected chi connectivity index (χ2v) is 4.67. The molecule has 1 aromatic carbocycles. The zero-order valence-corrected chi connectivity index (χ0v) is 11.6. The summed E-state index contributed by atoms with van der Waals surface area (Å²) in [5.41, 5.74) is 6.61. The maximum Gasteiger partial charge on any atom is 0.139 e. The summed E-state index contributed by atoms with van der Waals surface area (Å²) in [5, 5.41) is 14.7. The van der Waals surface area contributed by atoms with Gasteiger partial charge in [0.15, 0.2) is 0 Å². The van der Waals surface area contributed by atoms with Crippen LogP contribution in [-0.2, 0) is 0 Å². The first-order valence-electron chi connectivity index (χ1n) is 6.51. The molecule has 19 heavy (non-hydrogen) atoms. The molecule has 5 nitrogen and oxygen atoms in total. The highest BCUT2D eigenvalue weighted by Crippen LogP contribution is 2.11. The van der Waals surface area contributed by atoms with Gasteiger partial charge < -0.3 is 21.0 Å². The molecule has 4 N–H and O–H groups in total. The van der Waals surface area contributed by atoms with Crippen molar-refractivity contribution >= 4 is 5.84 Å². The van der Waals surface area contributed by atoms with Crippen LogP contribution in [0.1, 0.15) is 25.3 Å². The molecule has 1 rings (SSSR count). The monoisotopic (exact) mass is 265 g/mol. The van der Waals surface area contributed by atoms with E-state index in [9.17, 15) is 0 Å². The molecule has 0 aliphatic rings. The van der Waals surface area contributed by atoms with Crippen molar-refractivity contribution in [2.24, 2.45) is 10.9 Å². The van der Waals surface area contributed by atoms with E-state index in [0.717, 1.165) is 18.7 Å². The molecular weight excluding hydrogens is 242 g/mol. The fourth-order valence-electron chi connectivity index (χ4n) is 1.58. The van der Waals surface area contributed by atoms with Crippen molar-refractivity contribution in [2.45, 2.75) is 32.7 Å². The lowest BCUT2D eigenvalue weighted by Crippen LogP contribution is -2.33. The third-order valence-electron chi connectivity index (χ3n) is 2.75. The normalized spacial score (nSPS) is 13.3. The largest absolute Gasteiger partial charge is 0.492 e. The first-order chi connectivity index (χ1) is 9.11. The van der Waals surface area contributed by atoms with Crippen molar-refractivity contribution in [3.8, 4) is 5.75 Å². The quantitative estimate of drug-likeness (QED) is 0.220. The van der Waals surface area contributed by atoms with Gasteiger partial charge in [-0.2, -0.15) is 0 Å². The molecule has 0 spiro atoms. The third kappa shape index (κ3) is 6.67. The Balaban J connectivity index is 2.14. The van der Waals surface area contributed by atoms with Gasteiger partial charge in [0.2, 0.25) is 0 Å². The minimum atomic E-state index is 0.258. The number of benzene rings is 1. The van der Waals surface area contributed by atoms with Crippen LogP contribution in [-0.4, -0.2) is 30.2 Å². The van der Waals surface area contributed by atoms with Crippen LogP contribution in [0.2, 0.25) is 0 Å². The number of hydrogen-bond acceptors (Lipinski definition) is 4. The zero-order chi connectivity index (χ0) is 14.1. The van der Waals surface area contributed by atoms with Crippen molar-refractivity contribution in [1.82, 2.24) is 5.32 Å². The lowest BCUT2D eigenvalue weighted by Gasteiger charge is -2.15. The summed E-state index contributed by atoms with van der Waals surface area (Å²) >= 11 is 0. The number of oxime groups is 1. The van der Waals surface area contributed by atoms with E-state index in [2.05, 4.69) is 24.3 Å². The maximum absolute atomic E-state index is 8.40.